The molecule has 0 saturated carbocycles. The average molecular weight is 329 g/mol. The summed E-state index contributed by atoms with van der Waals surface area (Å²) in [6, 6.07) is 4.29. The SMILES string of the molecule is c1cnc(OCCC2CCOC3(C2)CN(Cc2ccoc2)C3)nc1. The molecule has 0 bridgehead atoms. The second kappa shape index (κ2) is 6.91. The van der Waals surface area contributed by atoms with E-state index in [1.54, 1.807) is 24.7 Å². The summed E-state index contributed by atoms with van der Waals surface area (Å²) in [5.74, 6) is 0.651. The highest BCUT2D eigenvalue weighted by Crippen LogP contribution is 2.38. The minimum atomic E-state index is 0.0515. The summed E-state index contributed by atoms with van der Waals surface area (Å²) in [6.07, 6.45) is 10.2. The maximum atomic E-state index is 6.12. The predicted octanol–water partition coefficient (Wildman–Crippen LogP) is 2.52. The molecule has 2 saturated heterocycles. The fraction of sp³-hybridized carbons (Fsp3) is 0.556. The van der Waals surface area contributed by atoms with Gasteiger partial charge in [0.15, 0.2) is 0 Å². The second-order valence-corrected chi connectivity index (χ2v) is 6.84. The number of ether oxygens (including phenoxy) is 2. The topological polar surface area (TPSA) is 60.6 Å². The lowest BCUT2D eigenvalue weighted by atomic mass is 9.79. The van der Waals surface area contributed by atoms with Gasteiger partial charge in [-0.15, -0.1) is 0 Å². The molecule has 1 atom stereocenters. The van der Waals surface area contributed by atoms with Gasteiger partial charge in [-0.05, 0) is 37.3 Å². The lowest BCUT2D eigenvalue weighted by Gasteiger charge is -2.53. The van der Waals surface area contributed by atoms with E-state index in [-0.39, 0.29) is 5.60 Å². The van der Waals surface area contributed by atoms with E-state index in [9.17, 15) is 0 Å². The first-order valence-electron chi connectivity index (χ1n) is 8.59. The summed E-state index contributed by atoms with van der Waals surface area (Å²) in [7, 11) is 0. The third-order valence-electron chi connectivity index (χ3n) is 4.90. The number of rotatable bonds is 6. The number of likely N-dealkylation sites (tertiary alicyclic amines) is 1. The van der Waals surface area contributed by atoms with E-state index in [2.05, 4.69) is 14.9 Å². The van der Waals surface area contributed by atoms with E-state index in [1.165, 1.54) is 5.56 Å². The summed E-state index contributed by atoms with van der Waals surface area (Å²) in [5.41, 5.74) is 1.28. The van der Waals surface area contributed by atoms with E-state index in [0.717, 1.165) is 45.5 Å². The van der Waals surface area contributed by atoms with Crippen molar-refractivity contribution in [3.8, 4) is 6.01 Å². The molecular formula is C18H23N3O3. The molecule has 1 unspecified atom stereocenters. The molecule has 6 heteroatoms. The average Bonchev–Trinajstić information content (AvgIpc) is 3.08. The largest absolute Gasteiger partial charge is 0.472 e. The van der Waals surface area contributed by atoms with E-state index in [1.807, 2.05) is 12.3 Å². The highest BCUT2D eigenvalue weighted by atomic mass is 16.5. The Kier molecular flexibility index (Phi) is 4.49. The molecule has 2 aliphatic heterocycles. The van der Waals surface area contributed by atoms with Crippen molar-refractivity contribution in [2.75, 3.05) is 26.3 Å². The fourth-order valence-corrected chi connectivity index (χ4v) is 3.79. The fourth-order valence-electron chi connectivity index (χ4n) is 3.79. The van der Waals surface area contributed by atoms with Crippen LogP contribution in [0.2, 0.25) is 0 Å². The Bertz CT molecular complexity index is 626. The van der Waals surface area contributed by atoms with Crippen LogP contribution in [0.15, 0.2) is 41.5 Å². The summed E-state index contributed by atoms with van der Waals surface area (Å²) >= 11 is 0. The van der Waals surface area contributed by atoms with Crippen LogP contribution in [-0.4, -0.2) is 46.8 Å². The molecule has 2 aliphatic rings. The smallest absolute Gasteiger partial charge is 0.316 e. The number of nitrogens with zero attached hydrogens (tertiary/aromatic N) is 3. The number of aromatic nitrogens is 2. The first kappa shape index (κ1) is 15.6. The lowest BCUT2D eigenvalue weighted by Crippen LogP contribution is -2.64. The molecule has 0 aliphatic carbocycles. The Morgan fingerprint density at radius 3 is 2.96 bits per heavy atom. The Balaban J connectivity index is 1.22. The highest BCUT2D eigenvalue weighted by molar-refractivity contribution is 5.09. The van der Waals surface area contributed by atoms with Crippen LogP contribution in [-0.2, 0) is 11.3 Å². The predicted molar refractivity (Wildman–Crippen MR) is 87.5 cm³/mol. The first-order valence-corrected chi connectivity index (χ1v) is 8.59. The maximum Gasteiger partial charge on any atom is 0.316 e. The molecule has 2 aromatic rings. The van der Waals surface area contributed by atoms with Crippen molar-refractivity contribution >= 4 is 0 Å². The van der Waals surface area contributed by atoms with Crippen LogP contribution in [0.4, 0.5) is 0 Å². The Labute approximate surface area is 141 Å². The number of furan rings is 1. The monoisotopic (exact) mass is 329 g/mol. The molecule has 0 radical (unpaired) electrons. The van der Waals surface area contributed by atoms with E-state index in [0.29, 0.717) is 18.5 Å². The van der Waals surface area contributed by atoms with Gasteiger partial charge in [0, 0.05) is 44.2 Å². The molecule has 0 aromatic carbocycles. The molecule has 128 valence electrons. The van der Waals surface area contributed by atoms with Crippen molar-refractivity contribution in [3.63, 3.8) is 0 Å². The zero-order valence-corrected chi connectivity index (χ0v) is 13.8. The number of hydrogen-bond donors (Lipinski definition) is 0. The summed E-state index contributed by atoms with van der Waals surface area (Å²) < 4.78 is 16.9. The van der Waals surface area contributed by atoms with Crippen molar-refractivity contribution in [3.05, 3.63) is 42.6 Å². The molecule has 2 aromatic heterocycles. The first-order chi connectivity index (χ1) is 11.8. The molecule has 0 amide bonds. The molecular weight excluding hydrogens is 306 g/mol. The highest BCUT2D eigenvalue weighted by Gasteiger charge is 2.47. The van der Waals surface area contributed by atoms with Gasteiger partial charge in [0.2, 0.25) is 0 Å². The van der Waals surface area contributed by atoms with Crippen LogP contribution in [0.5, 0.6) is 6.01 Å². The van der Waals surface area contributed by atoms with Crippen LogP contribution in [0.3, 0.4) is 0 Å². The molecule has 24 heavy (non-hydrogen) atoms. The Morgan fingerprint density at radius 2 is 2.17 bits per heavy atom. The van der Waals surface area contributed by atoms with Crippen LogP contribution >= 0.6 is 0 Å². The van der Waals surface area contributed by atoms with Gasteiger partial charge in [-0.2, -0.15) is 0 Å². The third-order valence-corrected chi connectivity index (χ3v) is 4.90. The van der Waals surface area contributed by atoms with Gasteiger partial charge in [-0.25, -0.2) is 9.97 Å². The van der Waals surface area contributed by atoms with Gasteiger partial charge in [0.25, 0.3) is 0 Å². The minimum absolute atomic E-state index is 0.0515. The summed E-state index contributed by atoms with van der Waals surface area (Å²) in [6.45, 7) is 4.49. The molecule has 2 fully saturated rings. The van der Waals surface area contributed by atoms with Gasteiger partial charge >= 0.3 is 6.01 Å². The Hall–Kier alpha value is -1.92. The van der Waals surface area contributed by atoms with Crippen LogP contribution in [0.25, 0.3) is 0 Å². The van der Waals surface area contributed by atoms with Crippen LogP contribution in [0.1, 0.15) is 24.8 Å². The molecule has 4 rings (SSSR count). The molecule has 6 nitrogen and oxygen atoms in total. The zero-order chi connectivity index (χ0) is 16.2. The Morgan fingerprint density at radius 1 is 1.29 bits per heavy atom. The van der Waals surface area contributed by atoms with E-state index < -0.39 is 0 Å². The van der Waals surface area contributed by atoms with Crippen molar-refractivity contribution < 1.29 is 13.9 Å². The van der Waals surface area contributed by atoms with Gasteiger partial charge in [0.05, 0.1) is 24.7 Å². The van der Waals surface area contributed by atoms with Gasteiger partial charge in [-0.1, -0.05) is 0 Å². The molecule has 0 N–H and O–H groups in total. The van der Waals surface area contributed by atoms with Crippen LogP contribution < -0.4 is 4.74 Å². The summed E-state index contributed by atoms with van der Waals surface area (Å²) in [4.78, 5) is 10.6. The third kappa shape index (κ3) is 3.60. The van der Waals surface area contributed by atoms with Crippen molar-refractivity contribution in [2.45, 2.75) is 31.4 Å². The minimum Gasteiger partial charge on any atom is -0.472 e. The van der Waals surface area contributed by atoms with Gasteiger partial charge < -0.3 is 13.9 Å². The van der Waals surface area contributed by atoms with E-state index >= 15 is 0 Å². The summed E-state index contributed by atoms with van der Waals surface area (Å²) in [5, 5.41) is 0. The lowest BCUT2D eigenvalue weighted by molar-refractivity contribution is -0.182. The molecule has 1 spiro atoms. The maximum absolute atomic E-state index is 6.12. The van der Waals surface area contributed by atoms with Crippen LogP contribution in [0, 0.1) is 5.92 Å². The standard InChI is InChI=1S/C18H23N3O3/c1-5-19-17(20-6-1)23-8-3-15-4-9-24-18(10-15)13-21(14-18)11-16-2-7-22-12-16/h1-2,5-7,12,15H,3-4,8-11,13-14H2. The van der Waals surface area contributed by atoms with Gasteiger partial charge in [-0.3, -0.25) is 4.90 Å². The molecule has 4 heterocycles. The van der Waals surface area contributed by atoms with Crippen molar-refractivity contribution in [2.24, 2.45) is 5.92 Å². The quantitative estimate of drug-likeness (QED) is 0.811. The zero-order valence-electron chi connectivity index (χ0n) is 13.8. The van der Waals surface area contributed by atoms with E-state index in [4.69, 9.17) is 13.9 Å². The number of hydrogen-bond acceptors (Lipinski definition) is 6. The second-order valence-electron chi connectivity index (χ2n) is 6.84. The normalized spacial score (nSPS) is 23.1. The van der Waals surface area contributed by atoms with Gasteiger partial charge in [0.1, 0.15) is 0 Å². The van der Waals surface area contributed by atoms with Crippen molar-refractivity contribution in [1.29, 1.82) is 0 Å². The van der Waals surface area contributed by atoms with Crippen molar-refractivity contribution in [1.82, 2.24) is 14.9 Å².